The zero-order chi connectivity index (χ0) is 10.5. The lowest BCUT2D eigenvalue weighted by Gasteiger charge is -2.25. The van der Waals surface area contributed by atoms with E-state index in [-0.39, 0.29) is 10.7 Å². The zero-order valence-electron chi connectivity index (χ0n) is 7.68. The van der Waals surface area contributed by atoms with Crippen molar-refractivity contribution in [3.8, 4) is 0 Å². The Morgan fingerprint density at radius 3 is 2.79 bits per heavy atom. The van der Waals surface area contributed by atoms with Crippen molar-refractivity contribution < 1.29 is 13.5 Å². The average Bonchev–Trinajstić information content (AvgIpc) is 2.61. The molecular formula is C8H9NO3S2. The molecule has 1 aliphatic rings. The van der Waals surface area contributed by atoms with E-state index in [0.717, 1.165) is 4.31 Å². The Kier molecular flexibility index (Phi) is 1.87. The van der Waals surface area contributed by atoms with Crippen LogP contribution < -0.4 is 0 Å². The van der Waals surface area contributed by atoms with Crippen molar-refractivity contribution in [2.45, 2.75) is 11.8 Å². The van der Waals surface area contributed by atoms with Gasteiger partial charge in [-0.25, -0.2) is 8.42 Å². The lowest BCUT2D eigenvalue weighted by Crippen LogP contribution is -2.29. The Morgan fingerprint density at radius 2 is 2.14 bits per heavy atom. The Hall–Kier alpha value is -1.01. The van der Waals surface area contributed by atoms with Crippen LogP contribution in [-0.2, 0) is 10.0 Å². The normalized spacial score (nSPS) is 19.7. The Balaban J connectivity index is 2.84. The monoisotopic (exact) mass is 231 g/mol. The van der Waals surface area contributed by atoms with Crippen molar-refractivity contribution in [3.63, 3.8) is 0 Å². The highest BCUT2D eigenvalue weighted by atomic mass is 32.2. The highest BCUT2D eigenvalue weighted by Crippen LogP contribution is 2.37. The largest absolute Gasteiger partial charge is 0.505 e. The van der Waals surface area contributed by atoms with E-state index < -0.39 is 10.0 Å². The number of allylic oxidation sites excluding steroid dienone is 1. The molecule has 1 aromatic heterocycles. The van der Waals surface area contributed by atoms with E-state index in [4.69, 9.17) is 0 Å². The Labute approximate surface area is 86.2 Å². The molecule has 1 N–H and O–H groups in total. The maximum atomic E-state index is 11.8. The van der Waals surface area contributed by atoms with Crippen molar-refractivity contribution >= 4 is 27.1 Å². The molecule has 4 nitrogen and oxygen atoms in total. The average molecular weight is 231 g/mol. The van der Waals surface area contributed by atoms with Gasteiger partial charge in [-0.05, 0) is 18.4 Å². The standard InChI is InChI=1S/C8H9NO3S2/c1-5-7(10)8-6(3-4-13-8)14(11,12)9(5)2/h3-4,10H,1-2H3. The molecule has 0 radical (unpaired) electrons. The van der Waals surface area contributed by atoms with Crippen molar-refractivity contribution in [2.24, 2.45) is 0 Å². The van der Waals surface area contributed by atoms with Crippen LogP contribution in [0.25, 0.3) is 5.76 Å². The van der Waals surface area contributed by atoms with E-state index in [1.165, 1.54) is 24.5 Å². The van der Waals surface area contributed by atoms with Crippen LogP contribution in [0.3, 0.4) is 0 Å². The number of sulfonamides is 1. The Morgan fingerprint density at radius 1 is 1.50 bits per heavy atom. The van der Waals surface area contributed by atoms with Crippen molar-refractivity contribution in [2.75, 3.05) is 7.05 Å². The molecule has 0 atom stereocenters. The van der Waals surface area contributed by atoms with E-state index in [1.807, 2.05) is 0 Å². The highest BCUT2D eigenvalue weighted by Gasteiger charge is 2.33. The van der Waals surface area contributed by atoms with Gasteiger partial charge in [-0.3, -0.25) is 4.31 Å². The fourth-order valence-electron chi connectivity index (χ4n) is 1.31. The van der Waals surface area contributed by atoms with Gasteiger partial charge in [0.2, 0.25) is 0 Å². The molecule has 0 aromatic carbocycles. The zero-order valence-corrected chi connectivity index (χ0v) is 9.32. The van der Waals surface area contributed by atoms with Gasteiger partial charge in [-0.2, -0.15) is 0 Å². The molecule has 0 aliphatic carbocycles. The molecule has 0 unspecified atom stereocenters. The summed E-state index contributed by atoms with van der Waals surface area (Å²) < 4.78 is 24.7. The third-order valence-electron chi connectivity index (χ3n) is 2.30. The topological polar surface area (TPSA) is 57.6 Å². The van der Waals surface area contributed by atoms with Gasteiger partial charge in [0.05, 0.1) is 10.6 Å². The fraction of sp³-hybridized carbons (Fsp3) is 0.250. The van der Waals surface area contributed by atoms with Crippen LogP contribution in [0.4, 0.5) is 0 Å². The number of rotatable bonds is 0. The van der Waals surface area contributed by atoms with Gasteiger partial charge < -0.3 is 5.11 Å². The molecule has 0 fully saturated rings. The third kappa shape index (κ3) is 1.01. The number of hydrogen-bond acceptors (Lipinski definition) is 4. The summed E-state index contributed by atoms with van der Waals surface area (Å²) in [6.07, 6.45) is 0. The number of nitrogens with zero attached hydrogens (tertiary/aromatic N) is 1. The number of thiophene rings is 1. The van der Waals surface area contributed by atoms with Gasteiger partial charge in [0.1, 0.15) is 4.90 Å². The Bertz CT molecular complexity index is 512. The number of aliphatic hydroxyl groups excluding tert-OH is 1. The van der Waals surface area contributed by atoms with Crippen LogP contribution in [0.1, 0.15) is 11.8 Å². The lowest BCUT2D eigenvalue weighted by molar-refractivity contribution is 0.465. The highest BCUT2D eigenvalue weighted by molar-refractivity contribution is 7.89. The van der Waals surface area contributed by atoms with Crippen LogP contribution >= 0.6 is 11.3 Å². The molecule has 0 saturated carbocycles. The summed E-state index contributed by atoms with van der Waals surface area (Å²) in [7, 11) is -2.00. The van der Waals surface area contributed by atoms with Crippen molar-refractivity contribution in [1.82, 2.24) is 4.31 Å². The molecule has 0 bridgehead atoms. The quantitative estimate of drug-likeness (QED) is 0.738. The van der Waals surface area contributed by atoms with E-state index in [9.17, 15) is 13.5 Å². The molecule has 1 aliphatic heterocycles. The molecular weight excluding hydrogens is 222 g/mol. The first-order valence-electron chi connectivity index (χ1n) is 3.93. The van der Waals surface area contributed by atoms with E-state index in [0.29, 0.717) is 10.6 Å². The SMILES string of the molecule is CC1=C(O)c2sccc2S(=O)(=O)N1C. The molecule has 0 amide bonds. The van der Waals surface area contributed by atoms with Gasteiger partial charge in [-0.1, -0.05) is 0 Å². The molecule has 0 spiro atoms. The van der Waals surface area contributed by atoms with Gasteiger partial charge >= 0.3 is 0 Å². The smallest absolute Gasteiger partial charge is 0.265 e. The summed E-state index contributed by atoms with van der Waals surface area (Å²) >= 11 is 1.23. The van der Waals surface area contributed by atoms with Crippen LogP contribution in [0.2, 0.25) is 0 Å². The number of aliphatic hydroxyl groups is 1. The van der Waals surface area contributed by atoms with E-state index in [1.54, 1.807) is 12.3 Å². The summed E-state index contributed by atoms with van der Waals surface area (Å²) in [4.78, 5) is 0.619. The van der Waals surface area contributed by atoms with Gasteiger partial charge in [0, 0.05) is 7.05 Å². The van der Waals surface area contributed by atoms with E-state index >= 15 is 0 Å². The van der Waals surface area contributed by atoms with Gasteiger partial charge in [0.25, 0.3) is 10.0 Å². The summed E-state index contributed by atoms with van der Waals surface area (Å²) in [6.45, 7) is 1.58. The second-order valence-electron chi connectivity index (χ2n) is 3.02. The molecule has 76 valence electrons. The third-order valence-corrected chi connectivity index (χ3v) is 5.24. The molecule has 1 aromatic rings. The summed E-state index contributed by atoms with van der Waals surface area (Å²) in [5.41, 5.74) is 0.361. The van der Waals surface area contributed by atoms with Gasteiger partial charge in [-0.15, -0.1) is 11.3 Å². The van der Waals surface area contributed by atoms with Gasteiger partial charge in [0.15, 0.2) is 5.76 Å². The summed E-state index contributed by atoms with van der Waals surface area (Å²) in [5.74, 6) is 0.0484. The van der Waals surface area contributed by atoms with Crippen LogP contribution in [-0.4, -0.2) is 24.9 Å². The first-order chi connectivity index (χ1) is 6.46. The predicted octanol–water partition coefficient (Wildman–Crippen LogP) is 1.63. The summed E-state index contributed by atoms with van der Waals surface area (Å²) in [6, 6.07) is 1.51. The second-order valence-corrected chi connectivity index (χ2v) is 5.87. The van der Waals surface area contributed by atoms with Crippen LogP contribution in [0.15, 0.2) is 22.0 Å². The fourth-order valence-corrected chi connectivity index (χ4v) is 3.96. The van der Waals surface area contributed by atoms with Crippen molar-refractivity contribution in [1.29, 1.82) is 0 Å². The number of hydrogen-bond donors (Lipinski definition) is 1. The first kappa shape index (κ1) is 9.54. The molecule has 6 heteroatoms. The number of fused-ring (bicyclic) bond motifs is 1. The van der Waals surface area contributed by atoms with Crippen LogP contribution in [0, 0.1) is 0 Å². The minimum atomic E-state index is -3.43. The molecule has 14 heavy (non-hydrogen) atoms. The minimum Gasteiger partial charge on any atom is -0.505 e. The maximum absolute atomic E-state index is 11.8. The van der Waals surface area contributed by atoms with Crippen molar-refractivity contribution in [3.05, 3.63) is 22.0 Å². The lowest BCUT2D eigenvalue weighted by atomic mass is 10.3. The first-order valence-corrected chi connectivity index (χ1v) is 6.25. The molecule has 0 saturated heterocycles. The second kappa shape index (κ2) is 2.74. The predicted molar refractivity (Wildman–Crippen MR) is 54.5 cm³/mol. The van der Waals surface area contributed by atoms with Crippen LogP contribution in [0.5, 0.6) is 0 Å². The molecule has 2 rings (SSSR count). The van der Waals surface area contributed by atoms with E-state index in [2.05, 4.69) is 0 Å². The maximum Gasteiger partial charge on any atom is 0.265 e. The summed E-state index contributed by atoms with van der Waals surface area (Å²) in [5, 5.41) is 11.4. The minimum absolute atomic E-state index is 0.0484. The molecule has 2 heterocycles.